The van der Waals surface area contributed by atoms with Gasteiger partial charge in [-0.25, -0.2) is 0 Å². The summed E-state index contributed by atoms with van der Waals surface area (Å²) in [5.41, 5.74) is 0. The van der Waals surface area contributed by atoms with E-state index in [2.05, 4.69) is 25.3 Å². The van der Waals surface area contributed by atoms with Crippen LogP contribution in [-0.4, -0.2) is 34.2 Å². The van der Waals surface area contributed by atoms with E-state index in [0.29, 0.717) is 6.04 Å². The van der Waals surface area contributed by atoms with Gasteiger partial charge in [-0.2, -0.15) is 25.3 Å². The lowest BCUT2D eigenvalue weighted by Gasteiger charge is -2.29. The highest BCUT2D eigenvalue weighted by Gasteiger charge is 2.42. The van der Waals surface area contributed by atoms with E-state index >= 15 is 0 Å². The van der Waals surface area contributed by atoms with Crippen LogP contribution in [0.5, 0.6) is 0 Å². The second-order valence-corrected chi connectivity index (χ2v) is 7.96. The highest BCUT2D eigenvalue weighted by molar-refractivity contribution is 8.00. The molecule has 0 aliphatic carbocycles. The molecule has 12 heavy (non-hydrogen) atoms. The highest BCUT2D eigenvalue weighted by Crippen LogP contribution is 2.30. The van der Waals surface area contributed by atoms with Gasteiger partial charge in [-0.05, 0) is 6.92 Å². The first kappa shape index (κ1) is 12.8. The zero-order valence-corrected chi connectivity index (χ0v) is 10.6. The second-order valence-electron chi connectivity index (χ2n) is 2.69. The quantitative estimate of drug-likeness (QED) is 0.424. The summed E-state index contributed by atoms with van der Waals surface area (Å²) in [6.45, 7) is 1.87. The van der Waals surface area contributed by atoms with Crippen LogP contribution >= 0.6 is 25.3 Å². The number of hydrogen-bond donors (Lipinski definition) is 2. The third-order valence-corrected chi connectivity index (χ3v) is 5.40. The summed E-state index contributed by atoms with van der Waals surface area (Å²) in [4.78, 5) is 0. The predicted molar refractivity (Wildman–Crippen MR) is 58.0 cm³/mol. The Morgan fingerprint density at radius 3 is 1.50 bits per heavy atom. The van der Waals surface area contributed by atoms with Crippen molar-refractivity contribution in [2.45, 2.75) is 17.0 Å². The van der Waals surface area contributed by atoms with Gasteiger partial charge in [0.2, 0.25) is 0 Å². The molecule has 0 rings (SSSR count). The monoisotopic (exact) mass is 228 g/mol. The Hall–Kier alpha value is 0.797. The molecule has 3 nitrogen and oxygen atoms in total. The zero-order chi connectivity index (χ0) is 9.83. The lowest BCUT2D eigenvalue weighted by Crippen LogP contribution is -2.46. The number of rotatable bonds is 5. The minimum atomic E-state index is -2.51. The largest absolute Gasteiger partial charge is 0.502 e. The molecule has 0 heterocycles. The smallest absolute Gasteiger partial charge is 0.377 e. The molecule has 0 saturated heterocycles. The molecule has 0 aromatic heterocycles. The standard InChI is InChI=1S/C6H16O3S2Si/c1-6(10,11)5-12(7-2,8-3)9-4/h10-11H,5H2,1-4H3. The third kappa shape index (κ3) is 4.15. The molecule has 0 unspecified atom stereocenters. The van der Waals surface area contributed by atoms with Gasteiger partial charge in [0, 0.05) is 27.4 Å². The van der Waals surface area contributed by atoms with E-state index in [4.69, 9.17) is 13.3 Å². The summed E-state index contributed by atoms with van der Waals surface area (Å²) in [6.07, 6.45) is 0. The average molecular weight is 228 g/mol. The number of hydrogen-bond acceptors (Lipinski definition) is 5. The Kier molecular flexibility index (Phi) is 5.20. The van der Waals surface area contributed by atoms with Gasteiger partial charge in [-0.3, -0.25) is 0 Å². The molecule has 0 spiro atoms. The molecule has 0 aromatic carbocycles. The molecule has 0 radical (unpaired) electrons. The van der Waals surface area contributed by atoms with E-state index in [0.717, 1.165) is 0 Å². The summed E-state index contributed by atoms with van der Waals surface area (Å²) < 4.78 is 15.2. The third-order valence-electron chi connectivity index (χ3n) is 1.48. The van der Waals surface area contributed by atoms with Gasteiger partial charge < -0.3 is 13.3 Å². The van der Waals surface area contributed by atoms with Crippen LogP contribution in [0.4, 0.5) is 0 Å². The first-order valence-corrected chi connectivity index (χ1v) is 6.32. The molecule has 0 aliphatic rings. The maximum absolute atomic E-state index is 5.21. The molecular formula is C6H16O3S2Si. The summed E-state index contributed by atoms with van der Waals surface area (Å²) in [5, 5.41) is 0. The Morgan fingerprint density at radius 2 is 1.42 bits per heavy atom. The Bertz CT molecular complexity index is 125. The highest BCUT2D eigenvalue weighted by atomic mass is 32.2. The molecule has 0 saturated carbocycles. The molecule has 0 aromatic rings. The van der Waals surface area contributed by atoms with Crippen molar-refractivity contribution in [3.63, 3.8) is 0 Å². The predicted octanol–water partition coefficient (Wildman–Crippen LogP) is 1.44. The average Bonchev–Trinajstić information content (AvgIpc) is 1.99. The summed E-state index contributed by atoms with van der Waals surface area (Å²) in [7, 11) is 2.22. The van der Waals surface area contributed by atoms with Crippen molar-refractivity contribution in [3.8, 4) is 0 Å². The van der Waals surface area contributed by atoms with Crippen LogP contribution < -0.4 is 0 Å². The van der Waals surface area contributed by atoms with E-state index in [9.17, 15) is 0 Å². The molecule has 6 heteroatoms. The fraction of sp³-hybridized carbons (Fsp3) is 1.00. The van der Waals surface area contributed by atoms with Crippen LogP contribution in [0.15, 0.2) is 0 Å². The van der Waals surface area contributed by atoms with Crippen LogP contribution in [0.25, 0.3) is 0 Å². The van der Waals surface area contributed by atoms with Crippen molar-refractivity contribution < 1.29 is 13.3 Å². The van der Waals surface area contributed by atoms with E-state index < -0.39 is 12.9 Å². The zero-order valence-electron chi connectivity index (χ0n) is 7.83. The van der Waals surface area contributed by atoms with Gasteiger partial charge in [0.15, 0.2) is 0 Å². The molecule has 0 fully saturated rings. The van der Waals surface area contributed by atoms with Crippen molar-refractivity contribution in [2.24, 2.45) is 0 Å². The van der Waals surface area contributed by atoms with Gasteiger partial charge >= 0.3 is 8.80 Å². The van der Waals surface area contributed by atoms with Crippen molar-refractivity contribution in [1.82, 2.24) is 0 Å². The van der Waals surface area contributed by atoms with Crippen molar-refractivity contribution in [2.75, 3.05) is 21.3 Å². The Morgan fingerprint density at radius 1 is 1.08 bits per heavy atom. The fourth-order valence-corrected chi connectivity index (χ4v) is 3.79. The van der Waals surface area contributed by atoms with Crippen molar-refractivity contribution in [3.05, 3.63) is 0 Å². The summed E-state index contributed by atoms with van der Waals surface area (Å²) >= 11 is 8.54. The van der Waals surface area contributed by atoms with Gasteiger partial charge in [0.25, 0.3) is 0 Å². The molecule has 0 aliphatic heterocycles. The molecule has 0 bridgehead atoms. The maximum Gasteiger partial charge on any atom is 0.502 e. The van der Waals surface area contributed by atoms with Crippen LogP contribution in [0, 0.1) is 0 Å². The first-order valence-electron chi connectivity index (χ1n) is 3.49. The molecule has 74 valence electrons. The normalized spacial score (nSPS) is 13.5. The second kappa shape index (κ2) is 4.87. The summed E-state index contributed by atoms with van der Waals surface area (Å²) in [6, 6.07) is 0.565. The van der Waals surface area contributed by atoms with E-state index in [1.165, 1.54) is 0 Å². The molecule has 0 N–H and O–H groups in total. The molecule has 0 atom stereocenters. The molecule has 0 amide bonds. The van der Waals surface area contributed by atoms with Gasteiger partial charge in [0.1, 0.15) is 0 Å². The van der Waals surface area contributed by atoms with E-state index in [-0.39, 0.29) is 0 Å². The SMILES string of the molecule is CO[Si](CC(C)(S)S)(OC)OC. The maximum atomic E-state index is 5.21. The Balaban J connectivity index is 4.30. The summed E-state index contributed by atoms with van der Waals surface area (Å²) in [5.74, 6) is 0. The van der Waals surface area contributed by atoms with Gasteiger partial charge in [-0.15, -0.1) is 0 Å². The van der Waals surface area contributed by atoms with Crippen LogP contribution in [0.3, 0.4) is 0 Å². The van der Waals surface area contributed by atoms with Gasteiger partial charge in [0.05, 0.1) is 4.08 Å². The minimum absolute atomic E-state index is 0.436. The van der Waals surface area contributed by atoms with Crippen LogP contribution in [0.2, 0.25) is 6.04 Å². The van der Waals surface area contributed by atoms with Crippen molar-refractivity contribution in [1.29, 1.82) is 0 Å². The first-order chi connectivity index (χ1) is 5.39. The van der Waals surface area contributed by atoms with Gasteiger partial charge in [-0.1, -0.05) is 0 Å². The van der Waals surface area contributed by atoms with Crippen LogP contribution in [-0.2, 0) is 13.3 Å². The minimum Gasteiger partial charge on any atom is -0.377 e. The lowest BCUT2D eigenvalue weighted by molar-refractivity contribution is 0.123. The molecular weight excluding hydrogens is 212 g/mol. The lowest BCUT2D eigenvalue weighted by atomic mass is 10.5. The topological polar surface area (TPSA) is 27.7 Å². The van der Waals surface area contributed by atoms with E-state index in [1.807, 2.05) is 6.92 Å². The van der Waals surface area contributed by atoms with Crippen molar-refractivity contribution >= 4 is 34.1 Å². The Labute approximate surface area is 86.0 Å². The number of thiol groups is 2. The fourth-order valence-electron chi connectivity index (χ4n) is 0.877. The van der Waals surface area contributed by atoms with E-state index in [1.54, 1.807) is 21.3 Å². The van der Waals surface area contributed by atoms with Crippen LogP contribution in [0.1, 0.15) is 6.92 Å².